The number of allylic oxidation sites excluding steroid dienone is 2. The van der Waals surface area contributed by atoms with E-state index in [0.717, 1.165) is 16.4 Å². The average molecular weight is 532 g/mol. The van der Waals surface area contributed by atoms with Crippen LogP contribution in [0.5, 0.6) is 0 Å². The van der Waals surface area contributed by atoms with Crippen LogP contribution < -0.4 is 0 Å². The van der Waals surface area contributed by atoms with Gasteiger partial charge in [-0.05, 0) is 73.2 Å². The molecule has 0 radical (unpaired) electrons. The van der Waals surface area contributed by atoms with Gasteiger partial charge in [0.15, 0.2) is 5.78 Å². The Balaban J connectivity index is 1.59. The number of Topliss-reactive ketones (excluding diaryl/α,β-unsaturated/α-hetero) is 1. The van der Waals surface area contributed by atoms with E-state index in [0.29, 0.717) is 15.6 Å². The minimum absolute atomic E-state index is 0.0320. The number of ketones is 1. The van der Waals surface area contributed by atoms with Gasteiger partial charge in [0, 0.05) is 27.1 Å². The SMILES string of the molecule is O=C(c1ccc(Cl)cc1)[C@H](CCCl)N(C(=O)c1ccc(Cl)cc1)N1C(=O)[C@@H]2[C@H](C1=O)[C@H]1C=C[C@H]2C1. The first kappa shape index (κ1) is 24.0. The fourth-order valence-corrected chi connectivity index (χ4v) is 5.93. The molecule has 1 heterocycles. The number of nitrogens with zero attached hydrogens (tertiary/aromatic N) is 2. The number of hydrogen-bond acceptors (Lipinski definition) is 4. The van der Waals surface area contributed by atoms with Gasteiger partial charge < -0.3 is 0 Å². The second-order valence-electron chi connectivity index (χ2n) is 9.01. The number of carbonyl (C=O) groups is 4. The molecule has 3 aliphatic rings. The van der Waals surface area contributed by atoms with Gasteiger partial charge in [0.1, 0.15) is 6.04 Å². The number of halogens is 3. The molecule has 2 fully saturated rings. The van der Waals surface area contributed by atoms with Crippen molar-refractivity contribution < 1.29 is 19.2 Å². The molecule has 2 aromatic rings. The van der Waals surface area contributed by atoms with Crippen LogP contribution >= 0.6 is 34.8 Å². The zero-order chi connectivity index (χ0) is 24.9. The fraction of sp³-hybridized carbons (Fsp3) is 0.308. The Morgan fingerprint density at radius 3 is 1.83 bits per heavy atom. The number of amides is 3. The van der Waals surface area contributed by atoms with E-state index in [1.165, 1.54) is 24.3 Å². The Morgan fingerprint density at radius 1 is 0.857 bits per heavy atom. The first-order valence-electron chi connectivity index (χ1n) is 11.3. The van der Waals surface area contributed by atoms with Crippen molar-refractivity contribution >= 4 is 58.3 Å². The summed E-state index contributed by atoms with van der Waals surface area (Å²) >= 11 is 18.0. The number of rotatable bonds is 7. The summed E-state index contributed by atoms with van der Waals surface area (Å²) in [5, 5.41) is 2.80. The van der Waals surface area contributed by atoms with E-state index in [-0.39, 0.29) is 29.7 Å². The van der Waals surface area contributed by atoms with Crippen LogP contribution in [0.2, 0.25) is 10.0 Å². The highest BCUT2D eigenvalue weighted by atomic mass is 35.5. The summed E-state index contributed by atoms with van der Waals surface area (Å²) in [6, 6.07) is 11.1. The van der Waals surface area contributed by atoms with Gasteiger partial charge in [0.2, 0.25) is 0 Å². The Kier molecular flexibility index (Phi) is 6.47. The standard InChI is InChI=1S/C26H21Cl3N2O4/c27-12-11-20(23(32)14-3-7-18(28)8-4-14)30(24(33)15-5-9-19(29)10-6-15)31-25(34)21-16-1-2-17(13-16)22(21)26(31)35/h1-10,16-17,20-22H,11-13H2/t16-,17-,20-,21-,22+/m0/s1. The fourth-order valence-electron chi connectivity index (χ4n) is 5.47. The molecule has 5 rings (SSSR count). The van der Waals surface area contributed by atoms with Crippen molar-refractivity contribution in [1.82, 2.24) is 10.0 Å². The van der Waals surface area contributed by atoms with E-state index in [1.807, 2.05) is 12.2 Å². The van der Waals surface area contributed by atoms with Crippen LogP contribution in [-0.4, -0.2) is 45.4 Å². The summed E-state index contributed by atoms with van der Waals surface area (Å²) in [5.74, 6) is -3.12. The third kappa shape index (κ3) is 4.07. The Labute approximate surface area is 217 Å². The number of fused-ring (bicyclic) bond motifs is 5. The molecule has 180 valence electrons. The second kappa shape index (κ2) is 9.41. The molecule has 2 aliphatic carbocycles. The second-order valence-corrected chi connectivity index (χ2v) is 10.3. The van der Waals surface area contributed by atoms with Crippen molar-refractivity contribution in [2.24, 2.45) is 23.7 Å². The lowest BCUT2D eigenvalue weighted by molar-refractivity contribution is -0.157. The van der Waals surface area contributed by atoms with Gasteiger partial charge in [0.05, 0.1) is 11.8 Å². The van der Waals surface area contributed by atoms with Crippen molar-refractivity contribution in [2.45, 2.75) is 18.9 Å². The topological polar surface area (TPSA) is 74.8 Å². The lowest BCUT2D eigenvalue weighted by Gasteiger charge is -2.36. The molecule has 35 heavy (non-hydrogen) atoms. The molecular formula is C26H21Cl3N2O4. The third-order valence-corrected chi connectivity index (χ3v) is 7.79. The minimum Gasteiger partial charge on any atom is -0.292 e. The normalized spacial score (nSPS) is 25.2. The number of alkyl halides is 1. The van der Waals surface area contributed by atoms with E-state index in [4.69, 9.17) is 34.8 Å². The summed E-state index contributed by atoms with van der Waals surface area (Å²) < 4.78 is 0. The van der Waals surface area contributed by atoms with Gasteiger partial charge in [0.25, 0.3) is 17.7 Å². The number of benzene rings is 2. The molecule has 3 amide bonds. The third-order valence-electron chi connectivity index (χ3n) is 7.07. The predicted octanol–water partition coefficient (Wildman–Crippen LogP) is 5.04. The molecule has 0 aromatic heterocycles. The van der Waals surface area contributed by atoms with Gasteiger partial charge in [-0.25, -0.2) is 5.01 Å². The molecule has 1 aliphatic heterocycles. The van der Waals surface area contributed by atoms with Crippen LogP contribution in [-0.2, 0) is 9.59 Å². The smallest absolute Gasteiger partial charge is 0.273 e. The maximum atomic E-state index is 13.8. The maximum absolute atomic E-state index is 13.8. The number of hydrogen-bond donors (Lipinski definition) is 0. The zero-order valence-electron chi connectivity index (χ0n) is 18.4. The van der Waals surface area contributed by atoms with Crippen LogP contribution in [0.3, 0.4) is 0 Å². The Hall–Kier alpha value is -2.67. The van der Waals surface area contributed by atoms with Gasteiger partial charge in [-0.3, -0.25) is 19.2 Å². The van der Waals surface area contributed by atoms with Gasteiger partial charge in [-0.1, -0.05) is 35.4 Å². The molecular weight excluding hydrogens is 511 g/mol. The first-order chi connectivity index (χ1) is 16.8. The predicted molar refractivity (Wildman–Crippen MR) is 132 cm³/mol. The van der Waals surface area contributed by atoms with Gasteiger partial charge in [-0.15, -0.1) is 11.6 Å². The molecule has 2 aromatic carbocycles. The average Bonchev–Trinajstić information content (AvgIpc) is 3.54. The molecule has 0 N–H and O–H groups in total. The molecule has 6 nitrogen and oxygen atoms in total. The molecule has 5 atom stereocenters. The number of carbonyl (C=O) groups excluding carboxylic acids is 4. The zero-order valence-corrected chi connectivity index (χ0v) is 20.7. The summed E-state index contributed by atoms with van der Waals surface area (Å²) in [6.45, 7) is 0. The summed E-state index contributed by atoms with van der Waals surface area (Å²) in [5.41, 5.74) is 0.482. The molecule has 0 unspecified atom stereocenters. The van der Waals surface area contributed by atoms with Crippen molar-refractivity contribution in [3.8, 4) is 0 Å². The molecule has 1 saturated heterocycles. The Bertz CT molecular complexity index is 1200. The van der Waals surface area contributed by atoms with E-state index in [9.17, 15) is 19.2 Å². The summed E-state index contributed by atoms with van der Waals surface area (Å²) in [6.07, 6.45) is 4.74. The van der Waals surface area contributed by atoms with Crippen LogP contribution in [0.1, 0.15) is 33.6 Å². The van der Waals surface area contributed by atoms with Gasteiger partial charge in [-0.2, -0.15) is 5.01 Å². The highest BCUT2D eigenvalue weighted by Gasteiger charge is 2.62. The molecule has 2 bridgehead atoms. The highest BCUT2D eigenvalue weighted by Crippen LogP contribution is 2.53. The van der Waals surface area contributed by atoms with Crippen LogP contribution in [0.25, 0.3) is 0 Å². The molecule has 1 saturated carbocycles. The largest absolute Gasteiger partial charge is 0.292 e. The summed E-state index contributed by atoms with van der Waals surface area (Å²) in [7, 11) is 0. The van der Waals surface area contributed by atoms with Crippen LogP contribution in [0, 0.1) is 23.7 Å². The maximum Gasteiger partial charge on any atom is 0.273 e. The van der Waals surface area contributed by atoms with Crippen molar-refractivity contribution in [2.75, 3.05) is 5.88 Å². The molecule has 9 heteroatoms. The lowest BCUT2D eigenvalue weighted by Crippen LogP contribution is -2.58. The monoisotopic (exact) mass is 530 g/mol. The minimum atomic E-state index is -1.17. The van der Waals surface area contributed by atoms with E-state index in [1.54, 1.807) is 24.3 Å². The van der Waals surface area contributed by atoms with Crippen molar-refractivity contribution in [3.05, 3.63) is 81.9 Å². The van der Waals surface area contributed by atoms with Crippen molar-refractivity contribution in [3.63, 3.8) is 0 Å². The quantitative estimate of drug-likeness (QED) is 0.217. The van der Waals surface area contributed by atoms with Gasteiger partial charge >= 0.3 is 0 Å². The highest BCUT2D eigenvalue weighted by molar-refractivity contribution is 6.31. The number of imide groups is 1. The van der Waals surface area contributed by atoms with E-state index in [2.05, 4.69) is 0 Å². The van der Waals surface area contributed by atoms with E-state index >= 15 is 0 Å². The van der Waals surface area contributed by atoms with Crippen LogP contribution in [0.15, 0.2) is 60.7 Å². The first-order valence-corrected chi connectivity index (χ1v) is 12.6. The molecule has 0 spiro atoms. The number of hydrazine groups is 1. The lowest BCUT2D eigenvalue weighted by atomic mass is 9.85. The van der Waals surface area contributed by atoms with E-state index < -0.39 is 41.4 Å². The summed E-state index contributed by atoms with van der Waals surface area (Å²) in [4.78, 5) is 54.8. The Morgan fingerprint density at radius 2 is 1.34 bits per heavy atom. The van der Waals surface area contributed by atoms with Crippen LogP contribution in [0.4, 0.5) is 0 Å². The van der Waals surface area contributed by atoms with Crippen molar-refractivity contribution in [1.29, 1.82) is 0 Å².